The van der Waals surface area contributed by atoms with Crippen molar-refractivity contribution in [1.29, 1.82) is 0 Å². The Morgan fingerprint density at radius 3 is 2.49 bits per heavy atom. The fourth-order valence-electron chi connectivity index (χ4n) is 3.84. The van der Waals surface area contributed by atoms with E-state index in [1.165, 1.54) is 27.3 Å². The Balaban J connectivity index is 1.70. The van der Waals surface area contributed by atoms with Gasteiger partial charge in [-0.05, 0) is 49.4 Å². The number of ether oxygens (including phenoxy) is 2. The van der Waals surface area contributed by atoms with Crippen molar-refractivity contribution in [3.05, 3.63) is 93.7 Å². The van der Waals surface area contributed by atoms with Gasteiger partial charge in [-0.3, -0.25) is 0 Å². The summed E-state index contributed by atoms with van der Waals surface area (Å²) in [5, 5.41) is 4.36. The van der Waals surface area contributed by atoms with Crippen LogP contribution < -0.4 is 19.1 Å². The molecular formula is C26H23ClF3N3O4S2. The third kappa shape index (κ3) is 6.07. The minimum absolute atomic E-state index is 0.00176. The van der Waals surface area contributed by atoms with Crippen LogP contribution in [0.2, 0.25) is 5.02 Å². The fraction of sp³-hybridized carbons (Fsp3) is 0.192. The van der Waals surface area contributed by atoms with Gasteiger partial charge in [0.15, 0.2) is 5.13 Å². The van der Waals surface area contributed by atoms with Gasteiger partial charge in [0.05, 0.1) is 37.5 Å². The molecule has 1 heterocycles. The van der Waals surface area contributed by atoms with Crippen LogP contribution >= 0.6 is 22.9 Å². The van der Waals surface area contributed by atoms with E-state index in [0.717, 1.165) is 46.0 Å². The summed E-state index contributed by atoms with van der Waals surface area (Å²) in [6.45, 7) is 1.30. The third-order valence-corrected chi connectivity index (χ3v) is 8.80. The highest BCUT2D eigenvalue weighted by atomic mass is 35.5. The van der Waals surface area contributed by atoms with Crippen molar-refractivity contribution in [1.82, 2.24) is 4.98 Å². The predicted octanol–water partition coefficient (Wildman–Crippen LogP) is 6.80. The van der Waals surface area contributed by atoms with Crippen molar-refractivity contribution in [3.63, 3.8) is 0 Å². The number of hydrogen-bond acceptors (Lipinski definition) is 7. The molecule has 7 nitrogen and oxygen atoms in total. The van der Waals surface area contributed by atoms with Crippen LogP contribution in [-0.4, -0.2) is 27.6 Å². The van der Waals surface area contributed by atoms with Crippen molar-refractivity contribution in [2.45, 2.75) is 24.4 Å². The van der Waals surface area contributed by atoms with Crippen molar-refractivity contribution in [2.24, 2.45) is 0 Å². The number of halogens is 4. The summed E-state index contributed by atoms with van der Waals surface area (Å²) in [5.74, 6) is -1.54. The third-order valence-electron chi connectivity index (χ3n) is 5.83. The lowest BCUT2D eigenvalue weighted by Crippen LogP contribution is -2.31. The molecule has 0 saturated heterocycles. The summed E-state index contributed by atoms with van der Waals surface area (Å²) < 4.78 is 82.4. The number of sulfonamides is 1. The molecule has 0 amide bonds. The average molecular weight is 598 g/mol. The molecule has 0 fully saturated rings. The molecule has 13 heteroatoms. The first-order valence-corrected chi connectivity index (χ1v) is 14.1. The summed E-state index contributed by atoms with van der Waals surface area (Å²) in [4.78, 5) is 3.43. The van der Waals surface area contributed by atoms with E-state index in [4.69, 9.17) is 21.1 Å². The van der Waals surface area contributed by atoms with Crippen molar-refractivity contribution in [2.75, 3.05) is 23.8 Å². The second-order valence-corrected chi connectivity index (χ2v) is 11.4. The van der Waals surface area contributed by atoms with Gasteiger partial charge < -0.3 is 14.8 Å². The molecule has 0 aliphatic heterocycles. The molecule has 3 aromatic carbocycles. The van der Waals surface area contributed by atoms with Gasteiger partial charge >= 0.3 is 0 Å². The quantitative estimate of drug-likeness (QED) is 0.217. The van der Waals surface area contributed by atoms with E-state index in [0.29, 0.717) is 17.1 Å². The molecule has 0 saturated carbocycles. The Hall–Kier alpha value is -3.48. The topological polar surface area (TPSA) is 80.8 Å². The molecule has 39 heavy (non-hydrogen) atoms. The largest absolute Gasteiger partial charge is 0.497 e. The maximum Gasteiger partial charge on any atom is 0.269 e. The first-order valence-electron chi connectivity index (χ1n) is 11.4. The van der Waals surface area contributed by atoms with Crippen LogP contribution in [0.4, 0.5) is 24.0 Å². The lowest BCUT2D eigenvalue weighted by atomic mass is 10.1. The molecule has 0 spiro atoms. The van der Waals surface area contributed by atoms with Gasteiger partial charge in [-0.2, -0.15) is 0 Å². The SMILES string of the molecule is COc1ccc(CN(c2nccs2)S(=O)(=O)c2cc(Cl)c(N[C@@H](C)c3cc(F)ccc3F)cc2F)c(OC)c1. The number of nitrogens with zero attached hydrogens (tertiary/aromatic N) is 2. The highest BCUT2D eigenvalue weighted by molar-refractivity contribution is 7.93. The Kier molecular flexibility index (Phi) is 8.57. The van der Waals surface area contributed by atoms with Crippen LogP contribution in [0.25, 0.3) is 0 Å². The minimum atomic E-state index is -4.53. The highest BCUT2D eigenvalue weighted by Gasteiger charge is 2.32. The van der Waals surface area contributed by atoms with E-state index in [-0.39, 0.29) is 27.9 Å². The first kappa shape index (κ1) is 28.5. The number of nitrogens with one attached hydrogen (secondary N) is 1. The molecule has 4 aromatic rings. The van der Waals surface area contributed by atoms with E-state index in [2.05, 4.69) is 10.3 Å². The molecular weight excluding hydrogens is 575 g/mol. The normalized spacial score (nSPS) is 12.2. The van der Waals surface area contributed by atoms with Gasteiger partial charge in [0.25, 0.3) is 10.0 Å². The molecule has 0 aliphatic rings. The lowest BCUT2D eigenvalue weighted by Gasteiger charge is -2.24. The summed E-state index contributed by atoms with van der Waals surface area (Å²) in [6.07, 6.45) is 1.43. The standard InChI is InChI=1S/C26H23ClF3N3O4S2/c1-15(19-10-17(28)5-7-21(19)29)32-23-13-22(30)25(12-20(23)27)39(34,35)33(26-31-8-9-38-26)14-16-4-6-18(36-2)11-24(16)37-3/h4-13,15,32H,14H2,1-3H3/t15-/m0/s1. The van der Waals surface area contributed by atoms with Crippen LogP contribution in [0.15, 0.2) is 65.0 Å². The maximum atomic E-state index is 15.4. The van der Waals surface area contributed by atoms with E-state index in [1.807, 2.05) is 0 Å². The fourth-order valence-corrected chi connectivity index (χ4v) is 6.47. The molecule has 0 bridgehead atoms. The van der Waals surface area contributed by atoms with Crippen molar-refractivity contribution >= 4 is 43.8 Å². The number of aromatic nitrogens is 1. The van der Waals surface area contributed by atoms with Gasteiger partial charge in [-0.1, -0.05) is 11.6 Å². The Labute approximate surface area is 232 Å². The monoisotopic (exact) mass is 597 g/mol. The Morgan fingerprint density at radius 2 is 1.82 bits per heavy atom. The van der Waals surface area contributed by atoms with Crippen LogP contribution in [0.1, 0.15) is 24.1 Å². The number of benzene rings is 3. The molecule has 1 aromatic heterocycles. The van der Waals surface area contributed by atoms with E-state index in [9.17, 15) is 17.2 Å². The maximum absolute atomic E-state index is 15.4. The van der Waals surface area contributed by atoms with Crippen LogP contribution in [-0.2, 0) is 16.6 Å². The molecule has 0 aliphatic carbocycles. The summed E-state index contributed by atoms with van der Waals surface area (Å²) in [6, 6.07) is 8.90. The number of thiazole rings is 1. The van der Waals surface area contributed by atoms with E-state index >= 15 is 4.39 Å². The van der Waals surface area contributed by atoms with Gasteiger partial charge in [-0.25, -0.2) is 30.9 Å². The Bertz CT molecular complexity index is 1590. The summed E-state index contributed by atoms with van der Waals surface area (Å²) in [5.41, 5.74) is 0.473. The zero-order valence-electron chi connectivity index (χ0n) is 20.9. The van der Waals surface area contributed by atoms with Crippen LogP contribution in [0.5, 0.6) is 11.5 Å². The Morgan fingerprint density at radius 1 is 1.05 bits per heavy atom. The molecule has 4 rings (SSSR count). The number of methoxy groups -OCH3 is 2. The smallest absolute Gasteiger partial charge is 0.269 e. The highest BCUT2D eigenvalue weighted by Crippen LogP contribution is 2.36. The van der Waals surface area contributed by atoms with Crippen LogP contribution in [0, 0.1) is 17.5 Å². The van der Waals surface area contributed by atoms with E-state index in [1.54, 1.807) is 23.6 Å². The zero-order valence-corrected chi connectivity index (χ0v) is 23.3. The molecule has 1 atom stereocenters. The van der Waals surface area contributed by atoms with Crippen molar-refractivity contribution in [3.8, 4) is 11.5 Å². The van der Waals surface area contributed by atoms with Gasteiger partial charge in [-0.15, -0.1) is 11.3 Å². The number of anilines is 2. The van der Waals surface area contributed by atoms with Gasteiger partial charge in [0.2, 0.25) is 0 Å². The molecule has 0 unspecified atom stereocenters. The number of rotatable bonds is 10. The van der Waals surface area contributed by atoms with Gasteiger partial charge in [0, 0.05) is 28.8 Å². The second-order valence-electron chi connectivity index (χ2n) is 8.30. The van der Waals surface area contributed by atoms with Crippen molar-refractivity contribution < 1.29 is 31.1 Å². The van der Waals surface area contributed by atoms with E-state index < -0.39 is 38.4 Å². The predicted molar refractivity (Wildman–Crippen MR) is 145 cm³/mol. The average Bonchev–Trinajstić information content (AvgIpc) is 3.44. The molecule has 0 radical (unpaired) electrons. The zero-order chi connectivity index (χ0) is 28.3. The summed E-state index contributed by atoms with van der Waals surface area (Å²) in [7, 11) is -1.61. The van der Waals surface area contributed by atoms with Crippen LogP contribution in [0.3, 0.4) is 0 Å². The lowest BCUT2D eigenvalue weighted by molar-refractivity contribution is 0.391. The first-order chi connectivity index (χ1) is 18.5. The second kappa shape index (κ2) is 11.7. The molecule has 1 N–H and O–H groups in total. The van der Waals surface area contributed by atoms with Gasteiger partial charge in [0.1, 0.15) is 33.8 Å². The summed E-state index contributed by atoms with van der Waals surface area (Å²) >= 11 is 7.40. The number of hydrogen-bond donors (Lipinski definition) is 1. The molecule has 206 valence electrons. The minimum Gasteiger partial charge on any atom is -0.497 e.